The lowest BCUT2D eigenvalue weighted by molar-refractivity contribution is -0.162. The summed E-state index contributed by atoms with van der Waals surface area (Å²) in [6.07, 6.45) is 1.17. The Morgan fingerprint density at radius 1 is 1.29 bits per heavy atom. The van der Waals surface area contributed by atoms with Gasteiger partial charge in [0.1, 0.15) is 0 Å². The van der Waals surface area contributed by atoms with Crippen LogP contribution in [0.4, 0.5) is 0 Å². The van der Waals surface area contributed by atoms with Crippen molar-refractivity contribution in [3.63, 3.8) is 0 Å². The molecule has 100 valence electrons. The summed E-state index contributed by atoms with van der Waals surface area (Å²) in [7, 11) is 1.30. The van der Waals surface area contributed by atoms with Crippen molar-refractivity contribution in [1.82, 2.24) is 9.80 Å². The first-order valence-electron chi connectivity index (χ1n) is 6.25. The molecule has 0 amide bonds. The van der Waals surface area contributed by atoms with Crippen molar-refractivity contribution in [2.24, 2.45) is 0 Å². The molecule has 1 atom stereocenters. The third-order valence-electron chi connectivity index (χ3n) is 3.16. The molecule has 0 radical (unpaired) electrons. The highest BCUT2D eigenvalue weighted by Crippen LogP contribution is 2.11. The maximum Gasteiger partial charge on any atom is 0.338 e. The molecule has 1 unspecified atom stereocenters. The van der Waals surface area contributed by atoms with Crippen LogP contribution >= 0.6 is 0 Å². The Balaban J connectivity index is 2.37. The number of hydrogen-bond donors (Lipinski definition) is 1. The van der Waals surface area contributed by atoms with Gasteiger partial charge in [-0.15, -0.1) is 0 Å². The Bertz CT molecular complexity index is 248. The van der Waals surface area contributed by atoms with Gasteiger partial charge in [0.2, 0.25) is 0 Å². The molecule has 0 aromatic heterocycles. The SMILES string of the molecule is CCCN1CCN(CC(C)(O)C(=O)OC)CC1. The van der Waals surface area contributed by atoms with Gasteiger partial charge in [-0.3, -0.25) is 4.90 Å². The van der Waals surface area contributed by atoms with Crippen molar-refractivity contribution in [3.8, 4) is 0 Å². The number of β-amino-alcohol motifs (C(OH)–C–C–N with tert-alkyl or cyclic N) is 1. The van der Waals surface area contributed by atoms with Gasteiger partial charge in [-0.2, -0.15) is 0 Å². The molecule has 17 heavy (non-hydrogen) atoms. The maximum absolute atomic E-state index is 11.4. The zero-order chi connectivity index (χ0) is 12.9. The summed E-state index contributed by atoms with van der Waals surface area (Å²) >= 11 is 0. The van der Waals surface area contributed by atoms with E-state index in [1.54, 1.807) is 0 Å². The van der Waals surface area contributed by atoms with Crippen molar-refractivity contribution < 1.29 is 14.6 Å². The Labute approximate surface area is 103 Å². The molecule has 1 rings (SSSR count). The number of hydrogen-bond acceptors (Lipinski definition) is 5. The van der Waals surface area contributed by atoms with Crippen LogP contribution in [0.3, 0.4) is 0 Å². The number of carbonyl (C=O) groups excluding carboxylic acids is 1. The summed E-state index contributed by atoms with van der Waals surface area (Å²) in [6.45, 7) is 8.96. The molecule has 0 bridgehead atoms. The molecular weight excluding hydrogens is 220 g/mol. The smallest absolute Gasteiger partial charge is 0.338 e. The van der Waals surface area contributed by atoms with Crippen LogP contribution < -0.4 is 0 Å². The van der Waals surface area contributed by atoms with Crippen LogP contribution in [0.1, 0.15) is 20.3 Å². The number of nitrogens with zero attached hydrogens (tertiary/aromatic N) is 2. The van der Waals surface area contributed by atoms with Gasteiger partial charge in [-0.25, -0.2) is 4.79 Å². The van der Waals surface area contributed by atoms with E-state index in [4.69, 9.17) is 0 Å². The summed E-state index contributed by atoms with van der Waals surface area (Å²) in [4.78, 5) is 15.9. The molecular formula is C12H24N2O3. The monoisotopic (exact) mass is 244 g/mol. The van der Waals surface area contributed by atoms with Crippen LogP contribution in [0.25, 0.3) is 0 Å². The molecule has 1 N–H and O–H groups in total. The van der Waals surface area contributed by atoms with Crippen molar-refractivity contribution >= 4 is 5.97 Å². The summed E-state index contributed by atoms with van der Waals surface area (Å²) in [6, 6.07) is 0. The van der Waals surface area contributed by atoms with E-state index in [1.165, 1.54) is 20.5 Å². The van der Waals surface area contributed by atoms with Gasteiger partial charge in [-0.1, -0.05) is 6.92 Å². The van der Waals surface area contributed by atoms with Crippen molar-refractivity contribution in [3.05, 3.63) is 0 Å². The van der Waals surface area contributed by atoms with Gasteiger partial charge in [0.15, 0.2) is 5.60 Å². The van der Waals surface area contributed by atoms with E-state index in [0.717, 1.165) is 32.7 Å². The highest BCUT2D eigenvalue weighted by atomic mass is 16.5. The summed E-state index contributed by atoms with van der Waals surface area (Å²) in [5, 5.41) is 9.97. The molecule has 0 saturated carbocycles. The van der Waals surface area contributed by atoms with Crippen LogP contribution in [-0.2, 0) is 9.53 Å². The minimum atomic E-state index is -1.40. The zero-order valence-electron chi connectivity index (χ0n) is 11.1. The van der Waals surface area contributed by atoms with E-state index in [-0.39, 0.29) is 0 Å². The standard InChI is InChI=1S/C12H24N2O3/c1-4-5-13-6-8-14(9-7-13)10-12(2,16)11(15)17-3/h16H,4-10H2,1-3H3. The molecule has 1 aliphatic heterocycles. The Morgan fingerprint density at radius 3 is 2.29 bits per heavy atom. The maximum atomic E-state index is 11.4. The molecule has 0 spiro atoms. The number of aliphatic hydroxyl groups is 1. The lowest BCUT2D eigenvalue weighted by atomic mass is 10.1. The largest absolute Gasteiger partial charge is 0.467 e. The molecule has 1 aliphatic rings. The average Bonchev–Trinajstić information content (AvgIpc) is 2.30. The third kappa shape index (κ3) is 4.26. The predicted octanol–water partition coefficient (Wildman–Crippen LogP) is -0.0620. The molecule has 5 nitrogen and oxygen atoms in total. The quantitative estimate of drug-likeness (QED) is 0.687. The van der Waals surface area contributed by atoms with Crippen molar-refractivity contribution in [1.29, 1.82) is 0 Å². The normalized spacial score (nSPS) is 22.1. The van der Waals surface area contributed by atoms with E-state index in [0.29, 0.717) is 6.54 Å². The highest BCUT2D eigenvalue weighted by molar-refractivity contribution is 5.78. The highest BCUT2D eigenvalue weighted by Gasteiger charge is 2.34. The summed E-state index contributed by atoms with van der Waals surface area (Å²) in [5.41, 5.74) is -1.40. The van der Waals surface area contributed by atoms with Gasteiger partial charge in [0.25, 0.3) is 0 Å². The van der Waals surface area contributed by atoms with E-state index in [2.05, 4.69) is 21.5 Å². The van der Waals surface area contributed by atoms with Crippen LogP contribution in [0.5, 0.6) is 0 Å². The fourth-order valence-electron chi connectivity index (χ4n) is 2.21. The van der Waals surface area contributed by atoms with E-state index in [1.807, 2.05) is 0 Å². The number of piperazine rings is 1. The summed E-state index contributed by atoms with van der Waals surface area (Å²) in [5.74, 6) is -0.562. The van der Waals surface area contributed by atoms with Crippen molar-refractivity contribution in [2.45, 2.75) is 25.9 Å². The van der Waals surface area contributed by atoms with Gasteiger partial charge in [0.05, 0.1) is 7.11 Å². The van der Waals surface area contributed by atoms with Gasteiger partial charge in [-0.05, 0) is 19.9 Å². The number of ether oxygens (including phenoxy) is 1. The second-order valence-corrected chi connectivity index (χ2v) is 4.88. The Morgan fingerprint density at radius 2 is 1.82 bits per heavy atom. The third-order valence-corrected chi connectivity index (χ3v) is 3.16. The van der Waals surface area contributed by atoms with Crippen LogP contribution in [0, 0.1) is 0 Å². The van der Waals surface area contributed by atoms with Crippen molar-refractivity contribution in [2.75, 3.05) is 46.4 Å². The second kappa shape index (κ2) is 6.33. The molecule has 5 heteroatoms. The molecule has 0 aromatic carbocycles. The van der Waals surface area contributed by atoms with E-state index >= 15 is 0 Å². The molecule has 1 heterocycles. The Hall–Kier alpha value is -0.650. The van der Waals surface area contributed by atoms with Gasteiger partial charge >= 0.3 is 5.97 Å². The zero-order valence-corrected chi connectivity index (χ0v) is 11.1. The topological polar surface area (TPSA) is 53.0 Å². The minimum Gasteiger partial charge on any atom is -0.467 e. The molecule has 1 fully saturated rings. The van der Waals surface area contributed by atoms with Crippen LogP contribution in [0.15, 0.2) is 0 Å². The molecule has 0 aliphatic carbocycles. The minimum absolute atomic E-state index is 0.347. The predicted molar refractivity (Wildman–Crippen MR) is 65.8 cm³/mol. The van der Waals surface area contributed by atoms with E-state index < -0.39 is 11.6 Å². The molecule has 0 aromatic rings. The van der Waals surface area contributed by atoms with Gasteiger partial charge < -0.3 is 14.7 Å². The number of rotatable bonds is 5. The lowest BCUT2D eigenvalue weighted by Gasteiger charge is -2.37. The summed E-state index contributed by atoms with van der Waals surface area (Å²) < 4.78 is 4.59. The lowest BCUT2D eigenvalue weighted by Crippen LogP contribution is -2.53. The average molecular weight is 244 g/mol. The second-order valence-electron chi connectivity index (χ2n) is 4.88. The fourth-order valence-corrected chi connectivity index (χ4v) is 2.21. The first-order valence-corrected chi connectivity index (χ1v) is 6.25. The number of esters is 1. The van der Waals surface area contributed by atoms with E-state index in [9.17, 15) is 9.90 Å². The van der Waals surface area contributed by atoms with Crippen LogP contribution in [-0.4, -0.2) is 72.9 Å². The van der Waals surface area contributed by atoms with Crippen LogP contribution in [0.2, 0.25) is 0 Å². The Kier molecular flexibility index (Phi) is 5.36. The van der Waals surface area contributed by atoms with Gasteiger partial charge in [0, 0.05) is 32.7 Å². The fraction of sp³-hybridized carbons (Fsp3) is 0.917. The number of carbonyl (C=O) groups is 1. The molecule has 1 saturated heterocycles. The number of methoxy groups -OCH3 is 1. The first-order chi connectivity index (χ1) is 7.99. The first kappa shape index (κ1) is 14.4.